The molecule has 1 aliphatic carbocycles. The van der Waals surface area contributed by atoms with Crippen molar-refractivity contribution in [2.24, 2.45) is 11.1 Å². The van der Waals surface area contributed by atoms with Crippen LogP contribution < -0.4 is 0 Å². The largest absolute Gasteiger partial charge is 0.411 e. The lowest BCUT2D eigenvalue weighted by Crippen LogP contribution is -2.48. The fraction of sp³-hybridized carbons (Fsp3) is 0.474. The number of carbonyl (C=O) groups is 1. The van der Waals surface area contributed by atoms with Gasteiger partial charge in [-0.3, -0.25) is 4.79 Å². The van der Waals surface area contributed by atoms with E-state index in [1.165, 1.54) is 11.1 Å². The Labute approximate surface area is 148 Å². The van der Waals surface area contributed by atoms with Gasteiger partial charge in [0.1, 0.15) is 0 Å². The van der Waals surface area contributed by atoms with E-state index >= 15 is 0 Å². The molecule has 0 amide bonds. The van der Waals surface area contributed by atoms with Crippen LogP contribution in [0.15, 0.2) is 40.7 Å². The molecule has 0 aromatic heterocycles. The van der Waals surface area contributed by atoms with Gasteiger partial charge in [0, 0.05) is 24.6 Å². The van der Waals surface area contributed by atoms with Crippen molar-refractivity contribution in [3.05, 3.63) is 46.7 Å². The third-order valence-corrected chi connectivity index (χ3v) is 5.60. The highest BCUT2D eigenvalue weighted by Gasteiger charge is 2.45. The van der Waals surface area contributed by atoms with Crippen molar-refractivity contribution in [2.45, 2.75) is 45.1 Å². The summed E-state index contributed by atoms with van der Waals surface area (Å²) in [5.74, 6) is 0.219. The highest BCUT2D eigenvalue weighted by Crippen LogP contribution is 2.47. The zero-order chi connectivity index (χ0) is 16.0. The maximum Gasteiger partial charge on any atom is 0.166 e. The zero-order valence-electron chi connectivity index (χ0n) is 13.9. The number of Topliss-reactive ketones (excluding diaryl/α,β-unsaturated/α-hetero) is 1. The van der Waals surface area contributed by atoms with Crippen LogP contribution in [0.5, 0.6) is 0 Å². The van der Waals surface area contributed by atoms with E-state index in [4.69, 9.17) is 0 Å². The molecule has 0 fully saturated rings. The van der Waals surface area contributed by atoms with Gasteiger partial charge in [-0.2, -0.15) is 0 Å². The highest BCUT2D eigenvalue weighted by atomic mass is 35.5. The van der Waals surface area contributed by atoms with Gasteiger partial charge in [0.05, 0.1) is 17.3 Å². The van der Waals surface area contributed by atoms with Crippen molar-refractivity contribution < 1.29 is 10.0 Å². The Kier molecular flexibility index (Phi) is 4.68. The van der Waals surface area contributed by atoms with Gasteiger partial charge in [0.2, 0.25) is 0 Å². The Bertz CT molecular complexity index is 726. The first kappa shape index (κ1) is 17.0. The first-order chi connectivity index (χ1) is 11.3. The summed E-state index contributed by atoms with van der Waals surface area (Å²) in [4.78, 5) is 14.9. The highest BCUT2D eigenvalue weighted by molar-refractivity contribution is 6.24. The van der Waals surface area contributed by atoms with Crippen LogP contribution in [0.1, 0.15) is 49.8 Å². The van der Waals surface area contributed by atoms with Gasteiger partial charge >= 0.3 is 0 Å². The molecule has 0 saturated heterocycles. The maximum atomic E-state index is 12.5. The van der Waals surface area contributed by atoms with Crippen LogP contribution in [-0.2, 0) is 11.2 Å². The molecule has 2 unspecified atom stereocenters. The molecule has 4 nitrogen and oxygen atoms in total. The zero-order valence-corrected chi connectivity index (χ0v) is 14.7. The molecule has 1 aromatic rings. The van der Waals surface area contributed by atoms with Crippen LogP contribution >= 0.6 is 12.4 Å². The van der Waals surface area contributed by atoms with E-state index in [-0.39, 0.29) is 30.2 Å². The number of hydrogen-bond donors (Lipinski definition) is 1. The second kappa shape index (κ2) is 6.60. The fourth-order valence-electron chi connectivity index (χ4n) is 4.62. The molecule has 0 saturated carbocycles. The first-order valence-corrected chi connectivity index (χ1v) is 8.59. The molecular weight excluding hydrogens is 324 g/mol. The van der Waals surface area contributed by atoms with Crippen LogP contribution in [0, 0.1) is 5.92 Å². The van der Waals surface area contributed by atoms with Crippen LogP contribution in [-0.4, -0.2) is 28.1 Å². The van der Waals surface area contributed by atoms with Crippen molar-refractivity contribution in [3.63, 3.8) is 0 Å². The summed E-state index contributed by atoms with van der Waals surface area (Å²) in [5.41, 5.74) is 5.15. The summed E-state index contributed by atoms with van der Waals surface area (Å²) >= 11 is 0. The topological polar surface area (TPSA) is 52.9 Å². The third-order valence-electron chi connectivity index (χ3n) is 5.60. The lowest BCUT2D eigenvalue weighted by atomic mass is 9.72. The van der Waals surface area contributed by atoms with E-state index in [1.54, 1.807) is 0 Å². The Morgan fingerprint density at radius 3 is 2.79 bits per heavy atom. The number of nitrogens with zero attached hydrogens (tertiary/aromatic N) is 2. The summed E-state index contributed by atoms with van der Waals surface area (Å²) in [5, 5.41) is 13.3. The summed E-state index contributed by atoms with van der Waals surface area (Å²) in [6.07, 6.45) is 4.26. The predicted octanol–water partition coefficient (Wildman–Crippen LogP) is 3.88. The molecule has 0 spiro atoms. The minimum Gasteiger partial charge on any atom is -0.411 e. The Hall–Kier alpha value is -1.81. The van der Waals surface area contributed by atoms with E-state index in [2.05, 4.69) is 41.2 Å². The molecule has 24 heavy (non-hydrogen) atoms. The maximum absolute atomic E-state index is 12.5. The van der Waals surface area contributed by atoms with Crippen molar-refractivity contribution in [1.82, 2.24) is 4.90 Å². The first-order valence-electron chi connectivity index (χ1n) is 8.59. The van der Waals surface area contributed by atoms with Gasteiger partial charge in [-0.05, 0) is 36.8 Å². The van der Waals surface area contributed by atoms with Gasteiger partial charge in [-0.25, -0.2) is 0 Å². The Balaban J connectivity index is 0.00000169. The molecule has 2 heterocycles. The van der Waals surface area contributed by atoms with Gasteiger partial charge < -0.3 is 10.1 Å². The van der Waals surface area contributed by atoms with Crippen LogP contribution in [0.2, 0.25) is 0 Å². The molecule has 1 N–H and O–H groups in total. The molecule has 1 aromatic carbocycles. The summed E-state index contributed by atoms with van der Waals surface area (Å²) in [6.45, 7) is 3.06. The number of fused-ring (bicyclic) bond motifs is 4. The minimum absolute atomic E-state index is 0. The lowest BCUT2D eigenvalue weighted by molar-refractivity contribution is -0.116. The molecular formula is C19H23ClN2O2. The number of ketones is 1. The molecule has 3 aliphatic rings. The second-order valence-electron chi connectivity index (χ2n) is 6.69. The number of oxime groups is 1. The van der Waals surface area contributed by atoms with Crippen molar-refractivity contribution >= 4 is 23.9 Å². The Morgan fingerprint density at radius 1 is 1.25 bits per heavy atom. The lowest BCUT2D eigenvalue weighted by Gasteiger charge is -2.49. The van der Waals surface area contributed by atoms with Crippen molar-refractivity contribution in [3.8, 4) is 0 Å². The molecule has 128 valence electrons. The number of hydrogen-bond acceptors (Lipinski definition) is 4. The van der Waals surface area contributed by atoms with Gasteiger partial charge in [-0.1, -0.05) is 36.3 Å². The molecule has 2 aliphatic heterocycles. The third kappa shape index (κ3) is 2.35. The smallest absolute Gasteiger partial charge is 0.166 e. The van der Waals surface area contributed by atoms with Gasteiger partial charge in [0.15, 0.2) is 5.78 Å². The van der Waals surface area contributed by atoms with Crippen LogP contribution in [0.25, 0.3) is 0 Å². The monoisotopic (exact) mass is 346 g/mol. The molecule has 0 radical (unpaired) electrons. The van der Waals surface area contributed by atoms with Crippen LogP contribution in [0.3, 0.4) is 0 Å². The standard InChI is InChI=1S/C19H22N2O2.ClH/c1-2-13-18(20-23)17-15(8-5-9-16(17)22)21-11-10-12-6-3-4-7-14(12)19(13)21;/h3-4,6-7,13,19,23H,2,5,8-11H2,1H3;1H/b20-18+;. The molecule has 4 rings (SSSR count). The minimum atomic E-state index is 0. The molecule has 5 heteroatoms. The van der Waals surface area contributed by atoms with E-state index in [1.807, 2.05) is 0 Å². The van der Waals surface area contributed by atoms with Gasteiger partial charge in [0.25, 0.3) is 0 Å². The van der Waals surface area contributed by atoms with Gasteiger partial charge in [-0.15, -0.1) is 12.4 Å². The number of benzene rings is 1. The van der Waals surface area contributed by atoms with E-state index < -0.39 is 0 Å². The van der Waals surface area contributed by atoms with Crippen LogP contribution in [0.4, 0.5) is 0 Å². The van der Waals surface area contributed by atoms with E-state index in [0.29, 0.717) is 17.7 Å². The number of halogens is 1. The fourth-order valence-corrected chi connectivity index (χ4v) is 4.62. The number of carbonyl (C=O) groups excluding carboxylic acids is 1. The number of allylic oxidation sites excluding steroid dienone is 2. The molecule has 0 bridgehead atoms. The second-order valence-corrected chi connectivity index (χ2v) is 6.69. The van der Waals surface area contributed by atoms with Crippen molar-refractivity contribution in [1.29, 1.82) is 0 Å². The quantitative estimate of drug-likeness (QED) is 0.620. The predicted molar refractivity (Wildman–Crippen MR) is 95.7 cm³/mol. The average molecular weight is 347 g/mol. The SMILES string of the molecule is CCC1/C(=N\O)C2=C(CCCC2=O)N2CCc3ccccc3C12.Cl. The average Bonchev–Trinajstić information content (AvgIpc) is 2.60. The molecule has 2 atom stereocenters. The normalized spacial score (nSPS) is 27.3. The summed E-state index contributed by atoms with van der Waals surface area (Å²) in [6, 6.07) is 8.76. The summed E-state index contributed by atoms with van der Waals surface area (Å²) < 4.78 is 0. The Morgan fingerprint density at radius 2 is 2.04 bits per heavy atom. The van der Waals surface area contributed by atoms with E-state index in [9.17, 15) is 10.0 Å². The number of rotatable bonds is 1. The summed E-state index contributed by atoms with van der Waals surface area (Å²) in [7, 11) is 0. The van der Waals surface area contributed by atoms with E-state index in [0.717, 1.165) is 37.9 Å². The van der Waals surface area contributed by atoms with Crippen molar-refractivity contribution in [2.75, 3.05) is 6.54 Å².